The summed E-state index contributed by atoms with van der Waals surface area (Å²) in [5.74, 6) is 1.41. The summed E-state index contributed by atoms with van der Waals surface area (Å²) < 4.78 is 10.8. The number of nitrogens with two attached hydrogens (primary N) is 1. The first kappa shape index (κ1) is 17.9. The van der Waals surface area contributed by atoms with Crippen LogP contribution in [0.5, 0.6) is 11.5 Å². The van der Waals surface area contributed by atoms with Gasteiger partial charge >= 0.3 is 0 Å². The molecule has 0 aromatic heterocycles. The number of carbonyl (C=O) groups excluding carboxylic acids is 1. The largest absolute Gasteiger partial charge is 0.493 e. The van der Waals surface area contributed by atoms with Crippen molar-refractivity contribution in [1.29, 1.82) is 0 Å². The average Bonchev–Trinajstić information content (AvgIpc) is 2.56. The molecule has 23 heavy (non-hydrogen) atoms. The van der Waals surface area contributed by atoms with E-state index in [1.54, 1.807) is 12.1 Å². The third-order valence-electron chi connectivity index (χ3n) is 4.34. The Bertz CT molecular complexity index is 555. The minimum Gasteiger partial charge on any atom is -0.493 e. The van der Waals surface area contributed by atoms with Crippen LogP contribution in [0.25, 0.3) is 0 Å². The highest BCUT2D eigenvalue weighted by Gasteiger charge is 2.26. The number of ether oxygens (including phenoxy) is 2. The second kappa shape index (κ2) is 7.88. The molecule has 0 saturated carbocycles. The Kier molecular flexibility index (Phi) is 6.13. The lowest BCUT2D eigenvalue weighted by atomic mass is 9.90. The zero-order valence-electron chi connectivity index (χ0n) is 14.0. The molecular weight excluding hydrogens is 316 g/mol. The first-order valence-electron chi connectivity index (χ1n) is 8.03. The van der Waals surface area contributed by atoms with E-state index in [0.717, 1.165) is 25.9 Å². The standard InChI is InChI=1S/C17H25ClN2O3/c1-4-23-16-14(18)9-13(10-15(16)22-3)17(21)20-7-5-12(6-8-20)11(2)19/h9-12H,4-8,19H2,1-3H3. The van der Waals surface area contributed by atoms with Crippen molar-refractivity contribution in [2.24, 2.45) is 11.7 Å². The second-order valence-electron chi connectivity index (χ2n) is 5.91. The number of nitrogens with zero attached hydrogens (tertiary/aromatic N) is 1. The van der Waals surface area contributed by atoms with Crippen LogP contribution in [-0.4, -0.2) is 43.7 Å². The minimum atomic E-state index is -0.0311. The summed E-state index contributed by atoms with van der Waals surface area (Å²) in [4.78, 5) is 14.6. The average molecular weight is 341 g/mol. The van der Waals surface area contributed by atoms with Crippen LogP contribution in [0.15, 0.2) is 12.1 Å². The molecule has 0 aliphatic carbocycles. The molecule has 1 amide bonds. The topological polar surface area (TPSA) is 64.8 Å². The number of hydrogen-bond donors (Lipinski definition) is 1. The molecule has 1 fully saturated rings. The van der Waals surface area contributed by atoms with Crippen molar-refractivity contribution in [1.82, 2.24) is 4.90 Å². The molecule has 0 bridgehead atoms. The number of piperidine rings is 1. The summed E-state index contributed by atoms with van der Waals surface area (Å²) in [7, 11) is 1.54. The lowest BCUT2D eigenvalue weighted by molar-refractivity contribution is 0.0680. The van der Waals surface area contributed by atoms with Crippen molar-refractivity contribution < 1.29 is 14.3 Å². The molecule has 0 spiro atoms. The number of carbonyl (C=O) groups is 1. The van der Waals surface area contributed by atoms with Gasteiger partial charge in [0.2, 0.25) is 0 Å². The lowest BCUT2D eigenvalue weighted by Gasteiger charge is -2.33. The van der Waals surface area contributed by atoms with Gasteiger partial charge in [-0.1, -0.05) is 11.6 Å². The number of likely N-dealkylation sites (tertiary alicyclic amines) is 1. The SMILES string of the molecule is CCOc1c(Cl)cc(C(=O)N2CCC(C(C)N)CC2)cc1OC. The van der Waals surface area contributed by atoms with Crippen LogP contribution < -0.4 is 15.2 Å². The highest BCUT2D eigenvalue weighted by atomic mass is 35.5. The molecule has 2 rings (SSSR count). The Morgan fingerprint density at radius 3 is 2.61 bits per heavy atom. The van der Waals surface area contributed by atoms with E-state index < -0.39 is 0 Å². The minimum absolute atomic E-state index is 0.0311. The summed E-state index contributed by atoms with van der Waals surface area (Å²) >= 11 is 6.25. The third kappa shape index (κ3) is 4.09. The Hall–Kier alpha value is -1.46. The van der Waals surface area contributed by atoms with Crippen LogP contribution in [0, 0.1) is 5.92 Å². The van der Waals surface area contributed by atoms with Gasteiger partial charge in [-0.2, -0.15) is 0 Å². The summed E-state index contributed by atoms with van der Waals surface area (Å²) in [6.07, 6.45) is 1.87. The molecule has 2 N–H and O–H groups in total. The van der Waals surface area contributed by atoms with Gasteiger partial charge in [0.05, 0.1) is 18.7 Å². The predicted octanol–water partition coefficient (Wildman–Crippen LogP) is 2.95. The fourth-order valence-electron chi connectivity index (χ4n) is 2.94. The van der Waals surface area contributed by atoms with Gasteiger partial charge in [-0.25, -0.2) is 0 Å². The molecule has 1 atom stereocenters. The smallest absolute Gasteiger partial charge is 0.254 e. The quantitative estimate of drug-likeness (QED) is 0.895. The first-order chi connectivity index (χ1) is 11.0. The van der Waals surface area contributed by atoms with Gasteiger partial charge in [0.25, 0.3) is 5.91 Å². The highest BCUT2D eigenvalue weighted by Crippen LogP contribution is 2.37. The van der Waals surface area contributed by atoms with Crippen LogP contribution >= 0.6 is 11.6 Å². The van der Waals surface area contributed by atoms with E-state index in [1.165, 1.54) is 7.11 Å². The molecule has 1 aromatic rings. The Balaban J connectivity index is 2.15. The van der Waals surface area contributed by atoms with Crippen molar-refractivity contribution in [3.05, 3.63) is 22.7 Å². The summed E-state index contributed by atoms with van der Waals surface area (Å²) in [5, 5.41) is 0.389. The van der Waals surface area contributed by atoms with Crippen LogP contribution in [0.2, 0.25) is 5.02 Å². The summed E-state index contributed by atoms with van der Waals surface area (Å²) in [6.45, 7) is 5.82. The van der Waals surface area contributed by atoms with Crippen molar-refractivity contribution in [2.75, 3.05) is 26.8 Å². The first-order valence-corrected chi connectivity index (χ1v) is 8.40. The van der Waals surface area contributed by atoms with Crippen molar-refractivity contribution in [3.63, 3.8) is 0 Å². The molecule has 6 heteroatoms. The number of benzene rings is 1. The highest BCUT2D eigenvalue weighted by molar-refractivity contribution is 6.32. The van der Waals surface area contributed by atoms with Crippen molar-refractivity contribution >= 4 is 17.5 Å². The molecule has 1 aliphatic heterocycles. The summed E-state index contributed by atoms with van der Waals surface area (Å²) in [6, 6.07) is 3.51. The number of amides is 1. The van der Waals surface area contributed by atoms with E-state index in [0.29, 0.717) is 34.6 Å². The zero-order valence-corrected chi connectivity index (χ0v) is 14.7. The van der Waals surface area contributed by atoms with E-state index >= 15 is 0 Å². The Labute approximate surface area is 142 Å². The fraction of sp³-hybridized carbons (Fsp3) is 0.588. The Morgan fingerprint density at radius 1 is 1.43 bits per heavy atom. The van der Waals surface area contributed by atoms with Crippen LogP contribution in [-0.2, 0) is 0 Å². The van der Waals surface area contributed by atoms with Gasteiger partial charge in [-0.3, -0.25) is 4.79 Å². The molecular formula is C17H25ClN2O3. The van der Waals surface area contributed by atoms with E-state index in [9.17, 15) is 4.79 Å². The van der Waals surface area contributed by atoms with E-state index in [4.69, 9.17) is 26.8 Å². The van der Waals surface area contributed by atoms with Gasteiger partial charge in [0.1, 0.15) is 0 Å². The van der Waals surface area contributed by atoms with Crippen LogP contribution in [0.4, 0.5) is 0 Å². The van der Waals surface area contributed by atoms with Gasteiger partial charge in [-0.15, -0.1) is 0 Å². The second-order valence-corrected chi connectivity index (χ2v) is 6.32. The predicted molar refractivity (Wildman–Crippen MR) is 91.4 cm³/mol. The monoisotopic (exact) mass is 340 g/mol. The molecule has 1 heterocycles. The third-order valence-corrected chi connectivity index (χ3v) is 4.62. The van der Waals surface area contributed by atoms with E-state index in [2.05, 4.69) is 0 Å². The van der Waals surface area contributed by atoms with Crippen LogP contribution in [0.3, 0.4) is 0 Å². The van der Waals surface area contributed by atoms with Gasteiger partial charge < -0.3 is 20.1 Å². The fourth-order valence-corrected chi connectivity index (χ4v) is 3.20. The maximum Gasteiger partial charge on any atom is 0.254 e. The molecule has 1 aromatic carbocycles. The maximum atomic E-state index is 12.7. The van der Waals surface area contributed by atoms with Gasteiger partial charge in [0.15, 0.2) is 11.5 Å². The maximum absolute atomic E-state index is 12.7. The normalized spacial score (nSPS) is 17.0. The number of methoxy groups -OCH3 is 1. The zero-order chi connectivity index (χ0) is 17.0. The van der Waals surface area contributed by atoms with Crippen molar-refractivity contribution in [3.8, 4) is 11.5 Å². The molecule has 5 nitrogen and oxygen atoms in total. The van der Waals surface area contributed by atoms with Gasteiger partial charge in [-0.05, 0) is 44.7 Å². The number of rotatable bonds is 5. The number of halogens is 1. The molecule has 128 valence electrons. The number of hydrogen-bond acceptors (Lipinski definition) is 4. The van der Waals surface area contributed by atoms with E-state index in [1.807, 2.05) is 18.7 Å². The van der Waals surface area contributed by atoms with Crippen LogP contribution in [0.1, 0.15) is 37.0 Å². The molecule has 1 unspecified atom stereocenters. The lowest BCUT2D eigenvalue weighted by Crippen LogP contribution is -2.42. The molecule has 0 radical (unpaired) electrons. The van der Waals surface area contributed by atoms with Crippen molar-refractivity contribution in [2.45, 2.75) is 32.7 Å². The Morgan fingerprint density at radius 2 is 2.09 bits per heavy atom. The molecule has 1 aliphatic rings. The molecule has 1 saturated heterocycles. The van der Waals surface area contributed by atoms with Gasteiger partial charge in [0, 0.05) is 24.7 Å². The summed E-state index contributed by atoms with van der Waals surface area (Å²) in [5.41, 5.74) is 6.47. The van der Waals surface area contributed by atoms with E-state index in [-0.39, 0.29) is 11.9 Å².